The van der Waals surface area contributed by atoms with E-state index >= 15 is 0 Å². The van der Waals surface area contributed by atoms with Gasteiger partial charge in [0.05, 0.1) is 0 Å². The molecule has 0 aliphatic carbocycles. The molecular weight excluding hydrogens is 226 g/mol. The van der Waals surface area contributed by atoms with Gasteiger partial charge in [0.1, 0.15) is 17.2 Å². The Balaban J connectivity index is 2.24. The van der Waals surface area contributed by atoms with Crippen LogP contribution < -0.4 is 5.73 Å². The summed E-state index contributed by atoms with van der Waals surface area (Å²) in [6, 6.07) is 3.30. The van der Waals surface area contributed by atoms with Crippen LogP contribution in [-0.4, -0.2) is 29.9 Å². The molecule has 1 aromatic carbocycles. The highest BCUT2D eigenvalue weighted by Gasteiger charge is 2.26. The van der Waals surface area contributed by atoms with Gasteiger partial charge in [-0.3, -0.25) is 4.79 Å². The number of nitrogens with two attached hydrogens (primary N) is 1. The van der Waals surface area contributed by atoms with E-state index in [0.29, 0.717) is 13.1 Å². The average molecular weight is 240 g/mol. The summed E-state index contributed by atoms with van der Waals surface area (Å²) < 4.78 is 26.9. The van der Waals surface area contributed by atoms with E-state index in [1.165, 1.54) is 11.0 Å². The van der Waals surface area contributed by atoms with Crippen molar-refractivity contribution in [3.05, 3.63) is 35.4 Å². The minimum absolute atomic E-state index is 0.109. The van der Waals surface area contributed by atoms with Crippen molar-refractivity contribution in [2.75, 3.05) is 13.1 Å². The summed E-state index contributed by atoms with van der Waals surface area (Å²) in [7, 11) is 0. The Morgan fingerprint density at radius 3 is 2.59 bits per heavy atom. The molecule has 2 rings (SSSR count). The predicted molar refractivity (Wildman–Crippen MR) is 59.5 cm³/mol. The number of hydrogen-bond donors (Lipinski definition) is 1. The van der Waals surface area contributed by atoms with E-state index in [2.05, 4.69) is 0 Å². The van der Waals surface area contributed by atoms with Crippen molar-refractivity contribution < 1.29 is 13.6 Å². The Bertz CT molecular complexity index is 416. The van der Waals surface area contributed by atoms with Gasteiger partial charge in [-0.25, -0.2) is 8.78 Å². The van der Waals surface area contributed by atoms with Gasteiger partial charge in [-0.15, -0.1) is 0 Å². The van der Waals surface area contributed by atoms with Crippen molar-refractivity contribution in [1.29, 1.82) is 0 Å². The van der Waals surface area contributed by atoms with Gasteiger partial charge < -0.3 is 10.6 Å². The lowest BCUT2D eigenvalue weighted by Crippen LogP contribution is -2.46. The van der Waals surface area contributed by atoms with Crippen molar-refractivity contribution in [2.24, 2.45) is 5.73 Å². The van der Waals surface area contributed by atoms with Gasteiger partial charge in [-0.1, -0.05) is 6.07 Å². The molecule has 0 unspecified atom stereocenters. The van der Waals surface area contributed by atoms with Crippen molar-refractivity contribution in [3.8, 4) is 0 Å². The maximum Gasteiger partial charge on any atom is 0.259 e. The van der Waals surface area contributed by atoms with Crippen LogP contribution in [0.5, 0.6) is 0 Å². The molecule has 1 saturated heterocycles. The Labute approximate surface area is 98.2 Å². The Morgan fingerprint density at radius 1 is 1.35 bits per heavy atom. The van der Waals surface area contributed by atoms with Crippen LogP contribution in [0.1, 0.15) is 23.2 Å². The molecule has 1 aromatic rings. The quantitative estimate of drug-likeness (QED) is 0.809. The number of amides is 1. The lowest BCUT2D eigenvalue weighted by molar-refractivity contribution is 0.0699. The summed E-state index contributed by atoms with van der Waals surface area (Å²) >= 11 is 0. The molecule has 1 heterocycles. The topological polar surface area (TPSA) is 46.3 Å². The molecule has 1 amide bonds. The lowest BCUT2D eigenvalue weighted by Gasteiger charge is -2.30. The van der Waals surface area contributed by atoms with Crippen molar-refractivity contribution >= 4 is 5.91 Å². The lowest BCUT2D eigenvalue weighted by atomic mass is 10.0. The van der Waals surface area contributed by atoms with Gasteiger partial charge in [-0.2, -0.15) is 0 Å². The maximum atomic E-state index is 13.4. The van der Waals surface area contributed by atoms with Gasteiger partial charge in [-0.05, 0) is 25.0 Å². The van der Waals surface area contributed by atoms with Crippen LogP contribution >= 0.6 is 0 Å². The zero-order valence-corrected chi connectivity index (χ0v) is 9.33. The zero-order valence-electron chi connectivity index (χ0n) is 9.33. The summed E-state index contributed by atoms with van der Waals surface area (Å²) in [6.45, 7) is 0.854. The van der Waals surface area contributed by atoms with Crippen molar-refractivity contribution in [3.63, 3.8) is 0 Å². The van der Waals surface area contributed by atoms with E-state index in [9.17, 15) is 13.6 Å². The van der Waals surface area contributed by atoms with E-state index in [-0.39, 0.29) is 6.04 Å². The molecule has 1 aliphatic rings. The molecule has 2 N–H and O–H groups in total. The summed E-state index contributed by atoms with van der Waals surface area (Å²) in [5, 5.41) is 0. The van der Waals surface area contributed by atoms with Crippen molar-refractivity contribution in [1.82, 2.24) is 4.90 Å². The number of nitrogens with zero attached hydrogens (tertiary/aromatic N) is 1. The number of likely N-dealkylation sites (tertiary alicyclic amines) is 1. The van der Waals surface area contributed by atoms with E-state index in [1.54, 1.807) is 0 Å². The van der Waals surface area contributed by atoms with Gasteiger partial charge >= 0.3 is 0 Å². The number of halogens is 2. The first-order valence-electron chi connectivity index (χ1n) is 5.58. The van der Waals surface area contributed by atoms with Crippen LogP contribution in [0.25, 0.3) is 0 Å². The molecule has 0 aromatic heterocycles. The summed E-state index contributed by atoms with van der Waals surface area (Å²) in [5.74, 6) is -2.26. The molecule has 17 heavy (non-hydrogen) atoms. The van der Waals surface area contributed by atoms with Crippen molar-refractivity contribution in [2.45, 2.75) is 18.9 Å². The van der Waals surface area contributed by atoms with Gasteiger partial charge in [0.25, 0.3) is 5.91 Å². The first-order valence-corrected chi connectivity index (χ1v) is 5.58. The number of benzene rings is 1. The smallest absolute Gasteiger partial charge is 0.259 e. The van der Waals surface area contributed by atoms with E-state index in [1.807, 2.05) is 0 Å². The molecule has 92 valence electrons. The fraction of sp³-hybridized carbons (Fsp3) is 0.417. The van der Waals surface area contributed by atoms with Crippen LogP contribution in [0.4, 0.5) is 8.78 Å². The molecule has 1 fully saturated rings. The Kier molecular flexibility index (Phi) is 3.38. The third-order valence-corrected chi connectivity index (χ3v) is 2.92. The molecular formula is C12H14F2N2O. The second-order valence-electron chi connectivity index (χ2n) is 4.25. The third-order valence-electron chi connectivity index (χ3n) is 2.92. The first-order chi connectivity index (χ1) is 8.09. The first kappa shape index (κ1) is 12.0. The predicted octanol–water partition coefficient (Wildman–Crippen LogP) is 1.53. The summed E-state index contributed by atoms with van der Waals surface area (Å²) in [4.78, 5) is 13.4. The normalized spacial score (nSPS) is 20.4. The minimum Gasteiger partial charge on any atom is -0.337 e. The van der Waals surface area contributed by atoms with Crippen LogP contribution in [0.15, 0.2) is 18.2 Å². The number of carbonyl (C=O) groups is 1. The van der Waals surface area contributed by atoms with Gasteiger partial charge in [0.15, 0.2) is 0 Å². The second kappa shape index (κ2) is 4.79. The van der Waals surface area contributed by atoms with Crippen LogP contribution in [0.2, 0.25) is 0 Å². The molecule has 0 radical (unpaired) electrons. The number of carbonyl (C=O) groups excluding carboxylic acids is 1. The van der Waals surface area contributed by atoms with Gasteiger partial charge in [0, 0.05) is 19.1 Å². The van der Waals surface area contributed by atoms with E-state index < -0.39 is 23.1 Å². The standard InChI is InChI=1S/C12H14F2N2O/c13-9-4-1-5-10(14)11(9)12(17)16-6-2-3-8(15)7-16/h1,4-5,8H,2-3,6-7,15H2/t8-/m0/s1. The largest absolute Gasteiger partial charge is 0.337 e. The number of piperidine rings is 1. The zero-order chi connectivity index (χ0) is 12.4. The van der Waals surface area contributed by atoms with E-state index in [0.717, 1.165) is 25.0 Å². The Hall–Kier alpha value is -1.49. The molecule has 1 atom stereocenters. The molecule has 0 saturated carbocycles. The number of hydrogen-bond acceptors (Lipinski definition) is 2. The Morgan fingerprint density at radius 2 is 2.00 bits per heavy atom. The monoisotopic (exact) mass is 240 g/mol. The van der Waals surface area contributed by atoms with Crippen LogP contribution in [0, 0.1) is 11.6 Å². The fourth-order valence-electron chi connectivity index (χ4n) is 2.05. The maximum absolute atomic E-state index is 13.4. The highest BCUT2D eigenvalue weighted by atomic mass is 19.1. The molecule has 3 nitrogen and oxygen atoms in total. The minimum atomic E-state index is -0.825. The van der Waals surface area contributed by atoms with Crippen LogP contribution in [-0.2, 0) is 0 Å². The SMILES string of the molecule is N[C@H]1CCCN(C(=O)c2c(F)cccc2F)C1. The van der Waals surface area contributed by atoms with Crippen LogP contribution in [0.3, 0.4) is 0 Å². The molecule has 5 heteroatoms. The highest BCUT2D eigenvalue weighted by Crippen LogP contribution is 2.17. The third kappa shape index (κ3) is 2.44. The number of rotatable bonds is 1. The second-order valence-corrected chi connectivity index (χ2v) is 4.25. The van der Waals surface area contributed by atoms with Gasteiger partial charge in [0.2, 0.25) is 0 Å². The summed E-state index contributed by atoms with van der Waals surface area (Å²) in [5.41, 5.74) is 5.25. The average Bonchev–Trinajstić information content (AvgIpc) is 2.28. The highest BCUT2D eigenvalue weighted by molar-refractivity contribution is 5.94. The molecule has 0 spiro atoms. The molecule has 1 aliphatic heterocycles. The molecule has 0 bridgehead atoms. The fourth-order valence-corrected chi connectivity index (χ4v) is 2.05. The summed E-state index contributed by atoms with van der Waals surface area (Å²) in [6.07, 6.45) is 1.60. The van der Waals surface area contributed by atoms with E-state index in [4.69, 9.17) is 5.73 Å².